The number of unbranched alkanes of at least 4 members (excludes halogenated alkanes) is 1. The van der Waals surface area contributed by atoms with Crippen molar-refractivity contribution in [3.63, 3.8) is 0 Å². The van der Waals surface area contributed by atoms with Crippen LogP contribution in [0, 0.1) is 6.92 Å². The standard InChI is InChI=1S/C52H54N4O7/c1-5-6-20-46(51(58)53-50(37-14-8-7-9-15-37)38-25-21-35(2)22-26-38)54-55-49(57)34-62-39-27-23-36(24-28-39)32-56(47-30-29-40(60-3)31-48(47)61-4)52(59)63-33-45-43-18-12-10-16-41(43)42-17-11-13-19-44(42)45/h7-19,21-31,45-46,50,54H,5-6,20,32-34H2,1-4H3,(H,53,58)(H,55,57)/t46-,50?/m0/s1. The zero-order valence-corrected chi connectivity index (χ0v) is 36.1. The largest absolute Gasteiger partial charge is 0.497 e. The minimum absolute atomic E-state index is 0.111. The minimum atomic E-state index is -0.673. The lowest BCUT2D eigenvalue weighted by molar-refractivity contribution is -0.126. The zero-order valence-electron chi connectivity index (χ0n) is 36.1. The van der Waals surface area contributed by atoms with Gasteiger partial charge in [-0.1, -0.05) is 141 Å². The minimum Gasteiger partial charge on any atom is -0.497 e. The van der Waals surface area contributed by atoms with Crippen LogP contribution in [0.4, 0.5) is 10.5 Å². The molecule has 3 amide bonds. The molecule has 0 aromatic heterocycles. The van der Waals surface area contributed by atoms with Crippen LogP contribution in [-0.4, -0.2) is 51.4 Å². The third-order valence-electron chi connectivity index (χ3n) is 11.2. The predicted molar refractivity (Wildman–Crippen MR) is 245 cm³/mol. The molecule has 6 aromatic carbocycles. The molecule has 1 aliphatic rings. The Bertz CT molecular complexity index is 2430. The number of amides is 3. The Labute approximate surface area is 369 Å². The number of nitrogens with one attached hydrogen (secondary N) is 3. The van der Waals surface area contributed by atoms with E-state index in [9.17, 15) is 14.4 Å². The topological polar surface area (TPSA) is 127 Å². The molecule has 1 unspecified atom stereocenters. The highest BCUT2D eigenvalue weighted by Crippen LogP contribution is 2.45. The van der Waals surface area contributed by atoms with Crippen molar-refractivity contribution >= 4 is 23.6 Å². The molecule has 0 heterocycles. The lowest BCUT2D eigenvalue weighted by atomic mass is 9.97. The summed E-state index contributed by atoms with van der Waals surface area (Å²) in [5.41, 5.74) is 14.5. The number of anilines is 1. The normalized spacial score (nSPS) is 12.6. The second-order valence-electron chi connectivity index (χ2n) is 15.5. The molecule has 11 heteroatoms. The van der Waals surface area contributed by atoms with Gasteiger partial charge in [-0.2, -0.15) is 0 Å². The summed E-state index contributed by atoms with van der Waals surface area (Å²) in [5.74, 6) is 0.694. The summed E-state index contributed by atoms with van der Waals surface area (Å²) in [6.07, 6.45) is 1.65. The first-order valence-corrected chi connectivity index (χ1v) is 21.3. The number of hydrogen-bond donors (Lipinski definition) is 3. The highest BCUT2D eigenvalue weighted by molar-refractivity contribution is 5.90. The fraction of sp³-hybridized carbons (Fsp3) is 0.250. The number of nitrogens with zero attached hydrogens (tertiary/aromatic N) is 1. The molecular weight excluding hydrogens is 793 g/mol. The van der Waals surface area contributed by atoms with E-state index in [0.29, 0.717) is 29.4 Å². The third-order valence-corrected chi connectivity index (χ3v) is 11.2. The Morgan fingerprint density at radius 1 is 0.714 bits per heavy atom. The number of hydrazine groups is 1. The number of aryl methyl sites for hydroxylation is 1. The summed E-state index contributed by atoms with van der Waals surface area (Å²) < 4.78 is 23.1. The van der Waals surface area contributed by atoms with Gasteiger partial charge < -0.3 is 24.3 Å². The van der Waals surface area contributed by atoms with Crippen LogP contribution >= 0.6 is 0 Å². The maximum atomic E-state index is 14.1. The summed E-state index contributed by atoms with van der Waals surface area (Å²) >= 11 is 0. The zero-order chi connectivity index (χ0) is 44.1. The van der Waals surface area contributed by atoms with E-state index in [1.807, 2.05) is 97.9 Å². The van der Waals surface area contributed by atoms with Crippen molar-refractivity contribution in [2.45, 2.75) is 57.7 Å². The van der Waals surface area contributed by atoms with E-state index in [1.165, 1.54) is 4.90 Å². The van der Waals surface area contributed by atoms with E-state index in [4.69, 9.17) is 18.9 Å². The Kier molecular flexibility index (Phi) is 14.7. The average molecular weight is 847 g/mol. The Morgan fingerprint density at radius 3 is 2.00 bits per heavy atom. The number of carbonyl (C=O) groups is 3. The maximum Gasteiger partial charge on any atom is 0.414 e. The molecule has 0 saturated heterocycles. The van der Waals surface area contributed by atoms with Gasteiger partial charge in [0.2, 0.25) is 5.91 Å². The molecule has 2 atom stereocenters. The molecule has 63 heavy (non-hydrogen) atoms. The molecule has 0 bridgehead atoms. The molecule has 0 radical (unpaired) electrons. The summed E-state index contributed by atoms with van der Waals surface area (Å²) in [6.45, 7) is 4.09. The molecule has 1 aliphatic carbocycles. The van der Waals surface area contributed by atoms with E-state index in [1.54, 1.807) is 44.6 Å². The SMILES string of the molecule is CCCC[C@H](NNC(=O)COc1ccc(CN(C(=O)OCC2c3ccccc3-c3ccccc32)c2ccc(OC)cc2OC)cc1)C(=O)NC(c1ccccc1)c1ccc(C)cc1. The number of hydrogen-bond acceptors (Lipinski definition) is 8. The lowest BCUT2D eigenvalue weighted by Crippen LogP contribution is -2.53. The van der Waals surface area contributed by atoms with Crippen LogP contribution in [0.3, 0.4) is 0 Å². The number of fused-ring (bicyclic) bond motifs is 3. The molecule has 11 nitrogen and oxygen atoms in total. The van der Waals surface area contributed by atoms with Crippen molar-refractivity contribution < 1.29 is 33.3 Å². The van der Waals surface area contributed by atoms with Gasteiger partial charge in [0, 0.05) is 12.0 Å². The molecular formula is C52H54N4O7. The lowest BCUT2D eigenvalue weighted by Gasteiger charge is -2.25. The van der Waals surface area contributed by atoms with E-state index in [0.717, 1.165) is 57.3 Å². The van der Waals surface area contributed by atoms with Crippen LogP contribution in [0.25, 0.3) is 11.1 Å². The summed E-state index contributed by atoms with van der Waals surface area (Å²) in [6, 6.07) is 45.7. The number of rotatable bonds is 19. The number of carbonyl (C=O) groups excluding carboxylic acids is 3. The van der Waals surface area contributed by atoms with Gasteiger partial charge in [0.15, 0.2) is 6.61 Å². The average Bonchev–Trinajstić information content (AvgIpc) is 3.65. The third kappa shape index (κ3) is 10.9. The fourth-order valence-electron chi connectivity index (χ4n) is 7.84. The first-order valence-electron chi connectivity index (χ1n) is 21.3. The van der Waals surface area contributed by atoms with Crippen molar-refractivity contribution in [1.29, 1.82) is 0 Å². The second-order valence-corrected chi connectivity index (χ2v) is 15.5. The van der Waals surface area contributed by atoms with Gasteiger partial charge >= 0.3 is 6.09 Å². The summed E-state index contributed by atoms with van der Waals surface area (Å²) in [5, 5.41) is 3.21. The quantitative estimate of drug-likeness (QED) is 0.0689. The van der Waals surface area contributed by atoms with Crippen molar-refractivity contribution in [2.75, 3.05) is 32.3 Å². The predicted octanol–water partition coefficient (Wildman–Crippen LogP) is 9.43. The van der Waals surface area contributed by atoms with Crippen molar-refractivity contribution in [3.05, 3.63) is 179 Å². The molecule has 324 valence electrons. The Morgan fingerprint density at radius 2 is 1.35 bits per heavy atom. The first-order chi connectivity index (χ1) is 30.8. The van der Waals surface area contributed by atoms with E-state index in [2.05, 4.69) is 47.4 Å². The van der Waals surface area contributed by atoms with Gasteiger partial charge in [0.05, 0.1) is 32.5 Å². The smallest absolute Gasteiger partial charge is 0.414 e. The molecule has 6 aromatic rings. The number of ether oxygens (including phenoxy) is 4. The van der Waals surface area contributed by atoms with Crippen LogP contribution in [0.5, 0.6) is 17.2 Å². The molecule has 0 saturated carbocycles. The van der Waals surface area contributed by atoms with Crippen LogP contribution < -0.4 is 35.3 Å². The monoisotopic (exact) mass is 846 g/mol. The number of methoxy groups -OCH3 is 2. The summed E-state index contributed by atoms with van der Waals surface area (Å²) in [7, 11) is 3.11. The highest BCUT2D eigenvalue weighted by atomic mass is 16.6. The van der Waals surface area contributed by atoms with Crippen LogP contribution in [0.2, 0.25) is 0 Å². The van der Waals surface area contributed by atoms with Gasteiger partial charge in [-0.05, 0) is 76.6 Å². The van der Waals surface area contributed by atoms with Crippen LogP contribution in [0.1, 0.15) is 71.5 Å². The maximum absolute atomic E-state index is 14.1. The van der Waals surface area contributed by atoms with Gasteiger partial charge in [-0.25, -0.2) is 10.2 Å². The van der Waals surface area contributed by atoms with E-state index < -0.39 is 18.0 Å². The van der Waals surface area contributed by atoms with Gasteiger partial charge in [0.25, 0.3) is 5.91 Å². The molecule has 3 N–H and O–H groups in total. The molecule has 0 aliphatic heterocycles. The summed E-state index contributed by atoms with van der Waals surface area (Å²) in [4.78, 5) is 42.5. The molecule has 7 rings (SSSR count). The van der Waals surface area contributed by atoms with Gasteiger partial charge in [0.1, 0.15) is 29.9 Å². The Hall–Kier alpha value is -7.11. The van der Waals surface area contributed by atoms with Gasteiger partial charge in [-0.3, -0.25) is 19.9 Å². The van der Waals surface area contributed by atoms with Gasteiger partial charge in [-0.15, -0.1) is 0 Å². The van der Waals surface area contributed by atoms with Crippen molar-refractivity contribution in [3.8, 4) is 28.4 Å². The second kappa shape index (κ2) is 21.1. The van der Waals surface area contributed by atoms with Crippen molar-refractivity contribution in [2.24, 2.45) is 0 Å². The van der Waals surface area contributed by atoms with E-state index >= 15 is 0 Å². The van der Waals surface area contributed by atoms with E-state index in [-0.39, 0.29) is 37.6 Å². The Balaban J connectivity index is 0.983. The fourth-order valence-corrected chi connectivity index (χ4v) is 7.84. The molecule has 0 spiro atoms. The van der Waals surface area contributed by atoms with Crippen LogP contribution in [0.15, 0.2) is 146 Å². The molecule has 0 fully saturated rings. The first kappa shape index (κ1) is 44.0. The van der Waals surface area contributed by atoms with Crippen molar-refractivity contribution in [1.82, 2.24) is 16.2 Å². The van der Waals surface area contributed by atoms with Crippen LogP contribution in [-0.2, 0) is 20.9 Å². The highest BCUT2D eigenvalue weighted by Gasteiger charge is 2.31. The number of benzene rings is 6.